The van der Waals surface area contributed by atoms with Gasteiger partial charge in [0.15, 0.2) is 0 Å². The predicted octanol–water partition coefficient (Wildman–Crippen LogP) is 3.24. The summed E-state index contributed by atoms with van der Waals surface area (Å²) in [5.74, 6) is 1.28. The van der Waals surface area contributed by atoms with Crippen LogP contribution < -0.4 is 0 Å². The zero-order chi connectivity index (χ0) is 22.0. The molecule has 0 aliphatic carbocycles. The summed E-state index contributed by atoms with van der Waals surface area (Å²) in [6.45, 7) is 7.27. The summed E-state index contributed by atoms with van der Waals surface area (Å²) in [7, 11) is 0. The fourth-order valence-corrected chi connectivity index (χ4v) is 4.14. The van der Waals surface area contributed by atoms with Crippen LogP contribution >= 0.6 is 0 Å². The van der Waals surface area contributed by atoms with Gasteiger partial charge in [-0.2, -0.15) is 4.98 Å². The van der Waals surface area contributed by atoms with Gasteiger partial charge in [-0.05, 0) is 58.6 Å². The van der Waals surface area contributed by atoms with E-state index in [1.807, 2.05) is 37.8 Å². The van der Waals surface area contributed by atoms with Crippen molar-refractivity contribution >= 4 is 12.0 Å². The maximum absolute atomic E-state index is 13.1. The Morgan fingerprint density at radius 2 is 1.81 bits per heavy atom. The highest BCUT2D eigenvalue weighted by Crippen LogP contribution is 2.30. The van der Waals surface area contributed by atoms with Crippen LogP contribution in [-0.2, 0) is 9.53 Å². The highest BCUT2D eigenvalue weighted by atomic mass is 16.6. The molecule has 1 atom stereocenters. The molecule has 2 aliphatic heterocycles. The van der Waals surface area contributed by atoms with E-state index >= 15 is 0 Å². The lowest BCUT2D eigenvalue weighted by atomic mass is 9.96. The molecular weight excluding hydrogens is 398 g/mol. The molecule has 4 heterocycles. The number of hydrogen-bond donors (Lipinski definition) is 0. The number of pyridine rings is 1. The van der Waals surface area contributed by atoms with E-state index in [9.17, 15) is 9.59 Å². The number of rotatable bonds is 3. The van der Waals surface area contributed by atoms with E-state index < -0.39 is 17.7 Å². The van der Waals surface area contributed by atoms with Crippen LogP contribution in [0.4, 0.5) is 4.79 Å². The molecule has 0 radical (unpaired) electrons. The highest BCUT2D eigenvalue weighted by molar-refractivity contribution is 5.86. The van der Waals surface area contributed by atoms with Crippen LogP contribution in [0.15, 0.2) is 29.0 Å². The van der Waals surface area contributed by atoms with Gasteiger partial charge in [0.2, 0.25) is 17.6 Å². The molecule has 4 rings (SSSR count). The second-order valence-corrected chi connectivity index (χ2v) is 9.12. The third kappa shape index (κ3) is 4.86. The first-order valence-electron chi connectivity index (χ1n) is 10.8. The third-order valence-corrected chi connectivity index (χ3v) is 5.70. The molecule has 2 saturated heterocycles. The van der Waals surface area contributed by atoms with E-state index in [1.165, 1.54) is 0 Å². The molecule has 2 aromatic rings. The molecule has 9 nitrogen and oxygen atoms in total. The summed E-state index contributed by atoms with van der Waals surface area (Å²) < 4.78 is 11.0. The van der Waals surface area contributed by atoms with Gasteiger partial charge in [0.1, 0.15) is 11.6 Å². The summed E-state index contributed by atoms with van der Waals surface area (Å²) in [4.78, 5) is 37.6. The first kappa shape index (κ1) is 21.3. The van der Waals surface area contributed by atoms with Gasteiger partial charge in [0.25, 0.3) is 0 Å². The van der Waals surface area contributed by atoms with Gasteiger partial charge in [0, 0.05) is 43.5 Å². The third-order valence-electron chi connectivity index (χ3n) is 5.70. The number of amides is 2. The van der Waals surface area contributed by atoms with Gasteiger partial charge in [-0.15, -0.1) is 0 Å². The van der Waals surface area contributed by atoms with Crippen molar-refractivity contribution in [1.82, 2.24) is 24.9 Å². The smallest absolute Gasteiger partial charge is 0.410 e. The zero-order valence-corrected chi connectivity index (χ0v) is 18.3. The molecule has 2 amide bonds. The molecule has 0 unspecified atom stereocenters. The van der Waals surface area contributed by atoms with Crippen LogP contribution in [0.25, 0.3) is 11.4 Å². The lowest BCUT2D eigenvalue weighted by Gasteiger charge is -2.35. The van der Waals surface area contributed by atoms with Crippen molar-refractivity contribution in [1.29, 1.82) is 0 Å². The molecule has 2 fully saturated rings. The Balaban J connectivity index is 1.35. The molecule has 0 aromatic carbocycles. The van der Waals surface area contributed by atoms with Crippen molar-refractivity contribution in [2.45, 2.75) is 64.0 Å². The molecule has 2 aromatic heterocycles. The lowest BCUT2D eigenvalue weighted by molar-refractivity contribution is -0.137. The minimum atomic E-state index is -0.579. The number of carbonyl (C=O) groups is 2. The van der Waals surface area contributed by atoms with Crippen molar-refractivity contribution in [3.63, 3.8) is 0 Å². The van der Waals surface area contributed by atoms with Crippen LogP contribution in [-0.4, -0.2) is 68.2 Å². The maximum atomic E-state index is 13.1. The number of aromatic nitrogens is 3. The molecule has 0 spiro atoms. The first-order chi connectivity index (χ1) is 14.8. The number of nitrogens with zero attached hydrogens (tertiary/aromatic N) is 5. The van der Waals surface area contributed by atoms with Crippen LogP contribution in [0.2, 0.25) is 0 Å². The normalized spacial score (nSPS) is 20.2. The van der Waals surface area contributed by atoms with Gasteiger partial charge in [0.05, 0.1) is 0 Å². The maximum Gasteiger partial charge on any atom is 0.410 e. The summed E-state index contributed by atoms with van der Waals surface area (Å²) in [6, 6.07) is 3.25. The summed E-state index contributed by atoms with van der Waals surface area (Å²) in [5.41, 5.74) is 0.284. The molecule has 0 saturated carbocycles. The second kappa shape index (κ2) is 8.64. The van der Waals surface area contributed by atoms with Gasteiger partial charge in [-0.3, -0.25) is 14.7 Å². The van der Waals surface area contributed by atoms with Gasteiger partial charge in [-0.1, -0.05) is 5.16 Å². The number of ether oxygens (including phenoxy) is 1. The second-order valence-electron chi connectivity index (χ2n) is 9.12. The van der Waals surface area contributed by atoms with Gasteiger partial charge >= 0.3 is 6.09 Å². The van der Waals surface area contributed by atoms with E-state index in [4.69, 9.17) is 9.26 Å². The van der Waals surface area contributed by atoms with E-state index in [2.05, 4.69) is 15.1 Å². The van der Waals surface area contributed by atoms with Crippen LogP contribution in [0, 0.1) is 0 Å². The van der Waals surface area contributed by atoms with Crippen molar-refractivity contribution in [3.8, 4) is 11.4 Å². The molecule has 31 heavy (non-hydrogen) atoms. The fraction of sp³-hybridized carbons (Fsp3) is 0.591. The summed E-state index contributed by atoms with van der Waals surface area (Å²) in [5, 5.41) is 4.08. The first-order valence-corrected chi connectivity index (χ1v) is 10.8. The highest BCUT2D eigenvalue weighted by Gasteiger charge is 2.39. The average molecular weight is 428 g/mol. The number of hydrogen-bond acceptors (Lipinski definition) is 7. The Bertz CT molecular complexity index is 915. The average Bonchev–Trinajstić information content (AvgIpc) is 3.43. The van der Waals surface area contributed by atoms with Crippen molar-refractivity contribution in [2.75, 3.05) is 19.6 Å². The Morgan fingerprint density at radius 1 is 1.10 bits per heavy atom. The Morgan fingerprint density at radius 3 is 2.48 bits per heavy atom. The Kier molecular flexibility index (Phi) is 5.93. The quantitative estimate of drug-likeness (QED) is 0.741. The monoisotopic (exact) mass is 427 g/mol. The predicted molar refractivity (Wildman–Crippen MR) is 112 cm³/mol. The molecule has 166 valence electrons. The van der Waals surface area contributed by atoms with Crippen LogP contribution in [0.3, 0.4) is 0 Å². The largest absolute Gasteiger partial charge is 0.444 e. The van der Waals surface area contributed by atoms with Crippen LogP contribution in [0.1, 0.15) is 58.3 Å². The minimum Gasteiger partial charge on any atom is -0.444 e. The number of likely N-dealkylation sites (tertiary alicyclic amines) is 2. The van der Waals surface area contributed by atoms with Crippen LogP contribution in [0.5, 0.6) is 0 Å². The van der Waals surface area contributed by atoms with Crippen molar-refractivity contribution in [2.24, 2.45) is 0 Å². The Hall–Kier alpha value is -2.97. The Labute approximate surface area is 181 Å². The fourth-order valence-electron chi connectivity index (χ4n) is 4.14. The summed E-state index contributed by atoms with van der Waals surface area (Å²) in [6.07, 6.45) is 5.97. The van der Waals surface area contributed by atoms with Crippen molar-refractivity contribution in [3.05, 3.63) is 30.4 Å². The number of carbonyl (C=O) groups excluding carboxylic acids is 2. The molecule has 9 heteroatoms. The molecule has 0 bridgehead atoms. The molecular formula is C22H29N5O4. The molecule has 2 aliphatic rings. The van der Waals surface area contributed by atoms with E-state index in [-0.39, 0.29) is 11.8 Å². The van der Waals surface area contributed by atoms with E-state index in [0.717, 1.165) is 24.8 Å². The van der Waals surface area contributed by atoms with Crippen molar-refractivity contribution < 1.29 is 18.8 Å². The van der Waals surface area contributed by atoms with Gasteiger partial charge in [-0.25, -0.2) is 4.79 Å². The topological polar surface area (TPSA) is 102 Å². The number of piperidine rings is 1. The summed E-state index contributed by atoms with van der Waals surface area (Å²) >= 11 is 0. The SMILES string of the molecule is CC(C)(C)OC(=O)N1CCC[C@@H]1C(=O)N1CCC(c2nc(-c3ccncc3)no2)CC1. The standard InChI is InChI=1S/C22H29N5O4/c1-22(2,3)30-21(29)27-12-4-5-17(27)20(28)26-13-8-16(9-14-26)19-24-18(25-31-19)15-6-10-23-11-7-15/h6-7,10-11,16-17H,4-5,8-9,12-14H2,1-3H3/t17-/m1/s1. The van der Waals surface area contributed by atoms with E-state index in [0.29, 0.717) is 37.8 Å². The zero-order valence-electron chi connectivity index (χ0n) is 18.3. The van der Waals surface area contributed by atoms with E-state index in [1.54, 1.807) is 17.3 Å². The molecule has 0 N–H and O–H groups in total. The minimum absolute atomic E-state index is 0.00446. The lowest BCUT2D eigenvalue weighted by Crippen LogP contribution is -2.50. The van der Waals surface area contributed by atoms with Gasteiger partial charge < -0.3 is 14.2 Å².